The molecular weight excluding hydrogens is 340 g/mol. The molecule has 0 aliphatic carbocycles. The lowest BCUT2D eigenvalue weighted by atomic mass is 10.2. The number of nitrogens with zero attached hydrogens (tertiary/aromatic N) is 5. The highest BCUT2D eigenvalue weighted by Crippen LogP contribution is 2.17. The van der Waals surface area contributed by atoms with Crippen molar-refractivity contribution in [3.05, 3.63) is 72.7 Å². The number of rotatable bonds is 5. The van der Waals surface area contributed by atoms with E-state index in [1.807, 2.05) is 65.6 Å². The van der Waals surface area contributed by atoms with Gasteiger partial charge in [0.2, 0.25) is 5.91 Å². The molecule has 0 saturated carbocycles. The lowest BCUT2D eigenvalue weighted by Gasteiger charge is -2.15. The van der Waals surface area contributed by atoms with Gasteiger partial charge in [-0.3, -0.25) is 9.36 Å². The number of fused-ring (bicyclic) bond motifs is 1. The van der Waals surface area contributed by atoms with Crippen LogP contribution in [0.2, 0.25) is 0 Å². The van der Waals surface area contributed by atoms with E-state index in [2.05, 4.69) is 20.3 Å². The third-order valence-electron chi connectivity index (χ3n) is 4.63. The molecule has 3 heterocycles. The number of para-hydroxylation sites is 2. The summed E-state index contributed by atoms with van der Waals surface area (Å²) in [5.74, 6) is 1.59. The predicted molar refractivity (Wildman–Crippen MR) is 102 cm³/mol. The summed E-state index contributed by atoms with van der Waals surface area (Å²) in [6.07, 6.45) is 7.05. The minimum Gasteiger partial charge on any atom is -0.350 e. The SMILES string of the molecule is Cc1nccn1-c1cc(CNC(=O)[C@@H](C)n2cnc3ccccc32)ccn1. The minimum atomic E-state index is -0.352. The van der Waals surface area contributed by atoms with Gasteiger partial charge >= 0.3 is 0 Å². The molecule has 4 rings (SSSR count). The average molecular weight is 360 g/mol. The van der Waals surface area contributed by atoms with Gasteiger partial charge in [-0.05, 0) is 43.7 Å². The number of hydrogen-bond acceptors (Lipinski definition) is 4. The molecule has 7 nitrogen and oxygen atoms in total. The third kappa shape index (κ3) is 3.31. The summed E-state index contributed by atoms with van der Waals surface area (Å²) < 4.78 is 3.79. The molecule has 1 N–H and O–H groups in total. The summed E-state index contributed by atoms with van der Waals surface area (Å²) in [4.78, 5) is 25.6. The van der Waals surface area contributed by atoms with Gasteiger partial charge in [0.25, 0.3) is 0 Å². The van der Waals surface area contributed by atoms with E-state index < -0.39 is 0 Å². The molecular formula is C20H20N6O. The van der Waals surface area contributed by atoms with Crippen LogP contribution in [0.4, 0.5) is 0 Å². The van der Waals surface area contributed by atoms with Crippen molar-refractivity contribution < 1.29 is 4.79 Å². The van der Waals surface area contributed by atoms with Crippen LogP contribution in [0.3, 0.4) is 0 Å². The molecule has 27 heavy (non-hydrogen) atoms. The van der Waals surface area contributed by atoms with Crippen LogP contribution in [0.25, 0.3) is 16.9 Å². The number of carbonyl (C=O) groups excluding carboxylic acids is 1. The van der Waals surface area contributed by atoms with E-state index >= 15 is 0 Å². The number of amides is 1. The molecule has 0 aliphatic heterocycles. The van der Waals surface area contributed by atoms with Gasteiger partial charge in [0.15, 0.2) is 0 Å². The molecule has 0 fully saturated rings. The summed E-state index contributed by atoms with van der Waals surface area (Å²) in [6.45, 7) is 4.22. The first kappa shape index (κ1) is 17.0. The van der Waals surface area contributed by atoms with E-state index in [9.17, 15) is 4.79 Å². The van der Waals surface area contributed by atoms with E-state index in [1.165, 1.54) is 0 Å². The fraction of sp³-hybridized carbons (Fsp3) is 0.200. The highest BCUT2D eigenvalue weighted by molar-refractivity contribution is 5.83. The van der Waals surface area contributed by atoms with Gasteiger partial charge in [-0.25, -0.2) is 15.0 Å². The maximum absolute atomic E-state index is 12.6. The second kappa shape index (κ2) is 7.03. The predicted octanol–water partition coefficient (Wildman–Crippen LogP) is 2.80. The molecule has 0 spiro atoms. The summed E-state index contributed by atoms with van der Waals surface area (Å²) in [6, 6.07) is 11.3. The van der Waals surface area contributed by atoms with Gasteiger partial charge in [0, 0.05) is 25.1 Å². The molecule has 136 valence electrons. The zero-order chi connectivity index (χ0) is 18.8. The Morgan fingerprint density at radius 3 is 2.81 bits per heavy atom. The Kier molecular flexibility index (Phi) is 4.42. The Labute approximate surface area is 156 Å². The van der Waals surface area contributed by atoms with Gasteiger partial charge in [0.1, 0.15) is 17.7 Å². The highest BCUT2D eigenvalue weighted by atomic mass is 16.2. The topological polar surface area (TPSA) is 77.6 Å². The van der Waals surface area contributed by atoms with Crippen LogP contribution >= 0.6 is 0 Å². The molecule has 1 atom stereocenters. The number of aromatic nitrogens is 5. The van der Waals surface area contributed by atoms with Crippen molar-refractivity contribution >= 4 is 16.9 Å². The van der Waals surface area contributed by atoms with E-state index in [0.29, 0.717) is 6.54 Å². The van der Waals surface area contributed by atoms with Gasteiger partial charge in [-0.1, -0.05) is 12.1 Å². The molecule has 0 aliphatic rings. The Balaban J connectivity index is 1.47. The number of pyridine rings is 1. The number of nitrogens with one attached hydrogen (secondary N) is 1. The first-order chi connectivity index (χ1) is 13.1. The van der Waals surface area contributed by atoms with Crippen LogP contribution < -0.4 is 5.32 Å². The van der Waals surface area contributed by atoms with Crippen LogP contribution in [-0.2, 0) is 11.3 Å². The Morgan fingerprint density at radius 1 is 1.15 bits per heavy atom. The van der Waals surface area contributed by atoms with Crippen molar-refractivity contribution in [2.24, 2.45) is 0 Å². The van der Waals surface area contributed by atoms with Crippen molar-refractivity contribution in [2.75, 3.05) is 0 Å². The standard InChI is InChI=1S/C20H20N6O/c1-14(26-13-24-17-5-3-4-6-18(17)26)20(27)23-12-16-7-8-22-19(11-16)25-10-9-21-15(25)2/h3-11,13-14H,12H2,1-2H3,(H,23,27)/t14-/m1/s1. The zero-order valence-corrected chi connectivity index (χ0v) is 15.2. The molecule has 0 saturated heterocycles. The van der Waals surface area contributed by atoms with Crippen LogP contribution in [0.5, 0.6) is 0 Å². The maximum Gasteiger partial charge on any atom is 0.243 e. The van der Waals surface area contributed by atoms with Crippen molar-refractivity contribution in [3.8, 4) is 5.82 Å². The fourth-order valence-electron chi connectivity index (χ4n) is 3.07. The normalized spacial score (nSPS) is 12.2. The minimum absolute atomic E-state index is 0.0599. The Bertz CT molecular complexity index is 1100. The summed E-state index contributed by atoms with van der Waals surface area (Å²) in [5.41, 5.74) is 2.80. The fourth-order valence-corrected chi connectivity index (χ4v) is 3.07. The molecule has 4 aromatic rings. The number of hydrogen-bond donors (Lipinski definition) is 1. The monoisotopic (exact) mass is 360 g/mol. The quantitative estimate of drug-likeness (QED) is 0.594. The van der Waals surface area contributed by atoms with Crippen molar-refractivity contribution in [2.45, 2.75) is 26.4 Å². The van der Waals surface area contributed by atoms with Crippen LogP contribution in [0, 0.1) is 6.92 Å². The number of aryl methyl sites for hydroxylation is 1. The second-order valence-electron chi connectivity index (χ2n) is 6.40. The van der Waals surface area contributed by atoms with E-state index in [0.717, 1.165) is 28.2 Å². The first-order valence-corrected chi connectivity index (χ1v) is 8.78. The van der Waals surface area contributed by atoms with E-state index in [4.69, 9.17) is 0 Å². The Morgan fingerprint density at radius 2 is 2.00 bits per heavy atom. The molecule has 1 aromatic carbocycles. The lowest BCUT2D eigenvalue weighted by molar-refractivity contribution is -0.123. The molecule has 7 heteroatoms. The zero-order valence-electron chi connectivity index (χ0n) is 15.2. The lowest BCUT2D eigenvalue weighted by Crippen LogP contribution is -2.30. The van der Waals surface area contributed by atoms with Crippen LogP contribution in [0.15, 0.2) is 61.3 Å². The smallest absolute Gasteiger partial charge is 0.243 e. The van der Waals surface area contributed by atoms with Crippen LogP contribution in [-0.4, -0.2) is 30.0 Å². The summed E-state index contributed by atoms with van der Waals surface area (Å²) in [5, 5.41) is 3.00. The molecule has 0 radical (unpaired) electrons. The van der Waals surface area contributed by atoms with Gasteiger partial charge in [-0.2, -0.15) is 0 Å². The largest absolute Gasteiger partial charge is 0.350 e. The highest BCUT2D eigenvalue weighted by Gasteiger charge is 2.17. The summed E-state index contributed by atoms with van der Waals surface area (Å²) >= 11 is 0. The third-order valence-corrected chi connectivity index (χ3v) is 4.63. The average Bonchev–Trinajstić information content (AvgIpc) is 3.32. The first-order valence-electron chi connectivity index (χ1n) is 8.78. The van der Waals surface area contributed by atoms with Crippen LogP contribution in [0.1, 0.15) is 24.4 Å². The Hall–Kier alpha value is -3.48. The summed E-state index contributed by atoms with van der Waals surface area (Å²) in [7, 11) is 0. The van der Waals surface area contributed by atoms with Gasteiger partial charge in [0.05, 0.1) is 17.4 Å². The molecule has 0 bridgehead atoms. The number of imidazole rings is 2. The number of carbonyl (C=O) groups is 1. The second-order valence-corrected chi connectivity index (χ2v) is 6.40. The number of benzene rings is 1. The van der Waals surface area contributed by atoms with Crippen molar-refractivity contribution in [1.29, 1.82) is 0 Å². The molecule has 3 aromatic heterocycles. The van der Waals surface area contributed by atoms with Crippen molar-refractivity contribution in [1.82, 2.24) is 29.4 Å². The maximum atomic E-state index is 12.6. The molecule has 1 amide bonds. The van der Waals surface area contributed by atoms with Crippen molar-refractivity contribution in [3.63, 3.8) is 0 Å². The van der Waals surface area contributed by atoms with Gasteiger partial charge < -0.3 is 9.88 Å². The molecule has 0 unspecified atom stereocenters. The van der Waals surface area contributed by atoms with E-state index in [1.54, 1.807) is 18.7 Å². The van der Waals surface area contributed by atoms with Gasteiger partial charge in [-0.15, -0.1) is 0 Å². The van der Waals surface area contributed by atoms with E-state index in [-0.39, 0.29) is 11.9 Å².